The largest absolute Gasteiger partial charge is 0.310 e. The molecule has 4 nitrogen and oxygen atoms in total. The first-order valence-electron chi connectivity index (χ1n) is 6.78. The normalized spacial score (nSPS) is 13.7. The first kappa shape index (κ1) is 17.6. The maximum absolute atomic E-state index is 11.4. The van der Waals surface area contributed by atoms with Crippen LogP contribution in [-0.4, -0.2) is 38.6 Å². The van der Waals surface area contributed by atoms with E-state index >= 15 is 0 Å². The van der Waals surface area contributed by atoms with Gasteiger partial charge in [-0.25, -0.2) is 12.7 Å². The molecule has 1 aromatic carbocycles. The summed E-state index contributed by atoms with van der Waals surface area (Å²) in [5, 5.41) is 3.41. The fourth-order valence-corrected chi connectivity index (χ4v) is 3.37. The fraction of sp³-hybridized carbons (Fsp3) is 0.571. The van der Waals surface area contributed by atoms with E-state index in [2.05, 4.69) is 40.3 Å². The van der Waals surface area contributed by atoms with Crippen molar-refractivity contribution in [1.82, 2.24) is 9.62 Å². The van der Waals surface area contributed by atoms with Crippen LogP contribution in [0.2, 0.25) is 0 Å². The highest BCUT2D eigenvalue weighted by Gasteiger charge is 2.13. The van der Waals surface area contributed by atoms with Gasteiger partial charge in [-0.1, -0.05) is 35.0 Å². The molecule has 0 saturated heterocycles. The van der Waals surface area contributed by atoms with Crippen molar-refractivity contribution in [2.75, 3.05) is 25.9 Å². The summed E-state index contributed by atoms with van der Waals surface area (Å²) >= 11 is 3.46. The lowest BCUT2D eigenvalue weighted by Gasteiger charge is -2.19. The second kappa shape index (κ2) is 8.12. The Bertz CT molecular complexity index is 520. The highest BCUT2D eigenvalue weighted by atomic mass is 79.9. The Morgan fingerprint density at radius 1 is 1.40 bits per heavy atom. The molecule has 0 aliphatic carbocycles. The van der Waals surface area contributed by atoms with Crippen LogP contribution >= 0.6 is 15.9 Å². The molecule has 6 heteroatoms. The van der Waals surface area contributed by atoms with E-state index in [0.29, 0.717) is 13.1 Å². The van der Waals surface area contributed by atoms with Gasteiger partial charge in [-0.2, -0.15) is 0 Å². The highest BCUT2D eigenvalue weighted by molar-refractivity contribution is 9.10. The molecule has 0 fully saturated rings. The molecule has 0 spiro atoms. The van der Waals surface area contributed by atoms with E-state index in [1.807, 2.05) is 19.1 Å². The average molecular weight is 363 g/mol. The molecule has 1 N–H and O–H groups in total. The van der Waals surface area contributed by atoms with Crippen LogP contribution in [0.1, 0.15) is 31.9 Å². The van der Waals surface area contributed by atoms with Gasteiger partial charge in [0, 0.05) is 23.6 Å². The maximum Gasteiger partial charge on any atom is 0.211 e. The predicted molar refractivity (Wildman–Crippen MR) is 87.3 cm³/mol. The molecule has 0 saturated carbocycles. The Hall–Kier alpha value is -0.430. The van der Waals surface area contributed by atoms with E-state index in [1.165, 1.54) is 16.1 Å². The van der Waals surface area contributed by atoms with E-state index < -0.39 is 10.0 Å². The van der Waals surface area contributed by atoms with Crippen molar-refractivity contribution in [3.05, 3.63) is 34.3 Å². The zero-order valence-corrected chi connectivity index (χ0v) is 14.7. The van der Waals surface area contributed by atoms with Crippen LogP contribution in [0.5, 0.6) is 0 Å². The zero-order chi connectivity index (χ0) is 15.2. The number of hydrogen-bond acceptors (Lipinski definition) is 3. The third-order valence-corrected chi connectivity index (χ3v) is 5.08. The highest BCUT2D eigenvalue weighted by Crippen LogP contribution is 2.17. The number of nitrogens with zero attached hydrogens (tertiary/aromatic N) is 1. The van der Waals surface area contributed by atoms with Crippen molar-refractivity contribution in [1.29, 1.82) is 0 Å². The van der Waals surface area contributed by atoms with Crippen LogP contribution < -0.4 is 5.32 Å². The summed E-state index contributed by atoms with van der Waals surface area (Å²) in [5.74, 6) is 0. The molecule has 1 rings (SSSR count). The van der Waals surface area contributed by atoms with Gasteiger partial charge in [0.2, 0.25) is 10.0 Å². The maximum atomic E-state index is 11.4. The minimum Gasteiger partial charge on any atom is -0.310 e. The van der Waals surface area contributed by atoms with E-state index in [9.17, 15) is 8.42 Å². The van der Waals surface area contributed by atoms with E-state index in [-0.39, 0.29) is 6.04 Å². The van der Waals surface area contributed by atoms with E-state index in [1.54, 1.807) is 0 Å². The number of sulfonamides is 1. The van der Waals surface area contributed by atoms with Crippen LogP contribution in [0.3, 0.4) is 0 Å². The second-order valence-electron chi connectivity index (χ2n) is 4.84. The van der Waals surface area contributed by atoms with Gasteiger partial charge in [-0.05, 0) is 37.6 Å². The Kier molecular flexibility index (Phi) is 7.15. The third kappa shape index (κ3) is 5.91. The van der Waals surface area contributed by atoms with Gasteiger partial charge in [0.05, 0.1) is 6.26 Å². The summed E-state index contributed by atoms with van der Waals surface area (Å²) in [4.78, 5) is 0. The van der Waals surface area contributed by atoms with Crippen molar-refractivity contribution < 1.29 is 8.42 Å². The minimum atomic E-state index is -3.07. The molecule has 0 amide bonds. The molecule has 0 bridgehead atoms. The number of rotatable bonds is 8. The van der Waals surface area contributed by atoms with Crippen molar-refractivity contribution in [3.63, 3.8) is 0 Å². The molecular formula is C14H23BrN2O2S. The van der Waals surface area contributed by atoms with Crippen molar-refractivity contribution in [2.45, 2.75) is 26.3 Å². The molecule has 20 heavy (non-hydrogen) atoms. The van der Waals surface area contributed by atoms with E-state index in [4.69, 9.17) is 0 Å². The summed E-state index contributed by atoms with van der Waals surface area (Å²) in [6.07, 6.45) is 2.06. The second-order valence-corrected chi connectivity index (χ2v) is 7.74. The lowest BCUT2D eigenvalue weighted by molar-refractivity contribution is 0.413. The molecule has 1 aromatic rings. The fourth-order valence-electron chi connectivity index (χ4n) is 2.03. The van der Waals surface area contributed by atoms with Gasteiger partial charge < -0.3 is 5.32 Å². The number of nitrogens with one attached hydrogen (secondary N) is 1. The van der Waals surface area contributed by atoms with Crippen LogP contribution in [0.4, 0.5) is 0 Å². The van der Waals surface area contributed by atoms with Crippen molar-refractivity contribution >= 4 is 26.0 Å². The lowest BCUT2D eigenvalue weighted by atomic mass is 10.1. The van der Waals surface area contributed by atoms with E-state index in [0.717, 1.165) is 17.4 Å². The molecule has 0 aromatic heterocycles. The monoisotopic (exact) mass is 362 g/mol. The number of halogens is 1. The van der Waals surface area contributed by atoms with Crippen LogP contribution in [0, 0.1) is 0 Å². The van der Waals surface area contributed by atoms with Gasteiger partial charge in [-0.15, -0.1) is 0 Å². The van der Waals surface area contributed by atoms with Crippen LogP contribution in [0.25, 0.3) is 0 Å². The summed E-state index contributed by atoms with van der Waals surface area (Å²) in [6.45, 7) is 5.85. The summed E-state index contributed by atoms with van der Waals surface area (Å²) < 4.78 is 25.5. The Morgan fingerprint density at radius 2 is 2.10 bits per heavy atom. The molecule has 114 valence electrons. The topological polar surface area (TPSA) is 49.4 Å². The zero-order valence-electron chi connectivity index (χ0n) is 12.3. The SMILES string of the molecule is CCN(CCCNC(C)c1cccc(Br)c1)S(C)(=O)=O. The van der Waals surface area contributed by atoms with Gasteiger partial charge in [-0.3, -0.25) is 0 Å². The van der Waals surface area contributed by atoms with Crippen LogP contribution in [-0.2, 0) is 10.0 Å². The number of hydrogen-bond donors (Lipinski definition) is 1. The predicted octanol–water partition coefficient (Wildman–Crippen LogP) is 2.77. The van der Waals surface area contributed by atoms with Gasteiger partial charge >= 0.3 is 0 Å². The lowest BCUT2D eigenvalue weighted by Crippen LogP contribution is -2.32. The van der Waals surface area contributed by atoms with Gasteiger partial charge in [0.15, 0.2) is 0 Å². The number of benzene rings is 1. The smallest absolute Gasteiger partial charge is 0.211 e. The Morgan fingerprint density at radius 3 is 2.65 bits per heavy atom. The quantitative estimate of drug-likeness (QED) is 0.723. The summed E-state index contributed by atoms with van der Waals surface area (Å²) in [6, 6.07) is 8.44. The molecule has 1 atom stereocenters. The third-order valence-electron chi connectivity index (χ3n) is 3.21. The van der Waals surface area contributed by atoms with Gasteiger partial charge in [0.25, 0.3) is 0 Å². The first-order chi connectivity index (χ1) is 9.34. The Labute approximate surface area is 130 Å². The standard InChI is InChI=1S/C14H23BrN2O2S/c1-4-17(20(3,18)19)10-6-9-16-12(2)13-7-5-8-14(15)11-13/h5,7-8,11-12,16H,4,6,9-10H2,1-3H3. The molecular weight excluding hydrogens is 340 g/mol. The summed E-state index contributed by atoms with van der Waals surface area (Å²) in [5.41, 5.74) is 1.22. The van der Waals surface area contributed by atoms with Crippen molar-refractivity contribution in [3.8, 4) is 0 Å². The van der Waals surface area contributed by atoms with Crippen molar-refractivity contribution in [2.24, 2.45) is 0 Å². The summed E-state index contributed by atoms with van der Waals surface area (Å²) in [7, 11) is -3.07. The molecule has 0 aliphatic heterocycles. The molecule has 0 heterocycles. The molecule has 0 aliphatic rings. The minimum absolute atomic E-state index is 0.251. The van der Waals surface area contributed by atoms with Gasteiger partial charge in [0.1, 0.15) is 0 Å². The molecule has 0 radical (unpaired) electrons. The first-order valence-corrected chi connectivity index (χ1v) is 9.42. The molecule has 1 unspecified atom stereocenters. The Balaban J connectivity index is 2.37. The average Bonchev–Trinajstić information content (AvgIpc) is 2.37. The van der Waals surface area contributed by atoms with Crippen LogP contribution in [0.15, 0.2) is 28.7 Å².